The molecule has 17 heavy (non-hydrogen) atoms. The fourth-order valence-electron chi connectivity index (χ4n) is 2.53. The Morgan fingerprint density at radius 3 is 2.35 bits per heavy atom. The highest BCUT2D eigenvalue weighted by atomic mass is 32.2. The molecule has 0 aliphatic heterocycles. The van der Waals surface area contributed by atoms with Crippen LogP contribution in [0.1, 0.15) is 18.4 Å². The molecule has 1 aromatic rings. The van der Waals surface area contributed by atoms with Crippen molar-refractivity contribution in [1.82, 2.24) is 0 Å². The third-order valence-corrected chi connectivity index (χ3v) is 5.89. The zero-order valence-electron chi connectivity index (χ0n) is 9.84. The Morgan fingerprint density at radius 2 is 1.88 bits per heavy atom. The molecule has 1 saturated carbocycles. The van der Waals surface area contributed by atoms with Gasteiger partial charge in [0.15, 0.2) is 9.84 Å². The van der Waals surface area contributed by atoms with Crippen molar-refractivity contribution in [1.29, 1.82) is 0 Å². The van der Waals surface area contributed by atoms with Crippen molar-refractivity contribution in [3.8, 4) is 0 Å². The van der Waals surface area contributed by atoms with E-state index in [1.54, 1.807) is 6.92 Å². The van der Waals surface area contributed by atoms with E-state index in [4.69, 9.17) is 11.5 Å². The van der Waals surface area contributed by atoms with Crippen LogP contribution >= 0.6 is 0 Å². The third kappa shape index (κ3) is 1.88. The van der Waals surface area contributed by atoms with Crippen LogP contribution < -0.4 is 11.5 Å². The minimum absolute atomic E-state index is 0.111. The summed E-state index contributed by atoms with van der Waals surface area (Å²) in [6.07, 6.45) is 0. The molecule has 94 valence electrons. The van der Waals surface area contributed by atoms with Crippen LogP contribution in [0.3, 0.4) is 0 Å². The molecule has 1 aliphatic carbocycles. The van der Waals surface area contributed by atoms with E-state index in [0.717, 1.165) is 5.56 Å². The van der Waals surface area contributed by atoms with Gasteiger partial charge in [-0.3, -0.25) is 0 Å². The molecule has 0 saturated heterocycles. The quantitative estimate of drug-likeness (QED) is 0.806. The van der Waals surface area contributed by atoms with E-state index >= 15 is 0 Å². The maximum Gasteiger partial charge on any atom is 0.155 e. The fourth-order valence-corrected chi connectivity index (χ4v) is 4.55. The molecule has 0 radical (unpaired) electrons. The first-order valence-electron chi connectivity index (χ1n) is 5.73. The molecule has 0 spiro atoms. The van der Waals surface area contributed by atoms with Gasteiger partial charge in [0.05, 0.1) is 10.8 Å². The van der Waals surface area contributed by atoms with Crippen LogP contribution in [0, 0.1) is 0 Å². The Morgan fingerprint density at radius 1 is 1.29 bits per heavy atom. The number of hydrogen-bond acceptors (Lipinski definition) is 4. The summed E-state index contributed by atoms with van der Waals surface area (Å²) < 4.78 is 24.0. The van der Waals surface area contributed by atoms with Gasteiger partial charge in [-0.15, -0.1) is 0 Å². The zero-order valence-corrected chi connectivity index (χ0v) is 10.7. The smallest absolute Gasteiger partial charge is 0.155 e. The lowest BCUT2D eigenvalue weighted by atomic mass is 10.1. The van der Waals surface area contributed by atoms with Crippen LogP contribution in [-0.4, -0.2) is 31.5 Å². The van der Waals surface area contributed by atoms with E-state index in [0.29, 0.717) is 0 Å². The molecule has 0 amide bonds. The standard InChI is InChI=1S/C12H18N2O2S/c1-2-17(15,16)11-10(12(11,14)8-13)9-6-4-3-5-7-9/h3-7,10-11H,2,8,13-14H2,1H3. The first kappa shape index (κ1) is 12.5. The molecule has 0 bridgehead atoms. The summed E-state index contributed by atoms with van der Waals surface area (Å²) in [6.45, 7) is 1.84. The molecule has 4 nitrogen and oxygen atoms in total. The van der Waals surface area contributed by atoms with E-state index in [-0.39, 0.29) is 18.2 Å². The molecule has 4 N–H and O–H groups in total. The van der Waals surface area contributed by atoms with Gasteiger partial charge in [-0.25, -0.2) is 8.42 Å². The second-order valence-corrected chi connectivity index (χ2v) is 6.99. The summed E-state index contributed by atoms with van der Waals surface area (Å²) in [7, 11) is -3.15. The van der Waals surface area contributed by atoms with Gasteiger partial charge in [0.2, 0.25) is 0 Å². The van der Waals surface area contributed by atoms with Crippen molar-refractivity contribution in [2.75, 3.05) is 12.3 Å². The second-order valence-electron chi connectivity index (χ2n) is 4.58. The van der Waals surface area contributed by atoms with Crippen molar-refractivity contribution in [3.63, 3.8) is 0 Å². The van der Waals surface area contributed by atoms with Crippen LogP contribution in [0.4, 0.5) is 0 Å². The summed E-state index contributed by atoms with van der Waals surface area (Å²) in [4.78, 5) is 0. The van der Waals surface area contributed by atoms with Gasteiger partial charge in [0, 0.05) is 18.2 Å². The van der Waals surface area contributed by atoms with Gasteiger partial charge in [-0.2, -0.15) is 0 Å². The largest absolute Gasteiger partial charge is 0.329 e. The topological polar surface area (TPSA) is 86.2 Å². The molecular weight excluding hydrogens is 236 g/mol. The Labute approximate surface area is 102 Å². The van der Waals surface area contributed by atoms with Crippen LogP contribution in [0.2, 0.25) is 0 Å². The van der Waals surface area contributed by atoms with Crippen molar-refractivity contribution < 1.29 is 8.42 Å². The van der Waals surface area contributed by atoms with Gasteiger partial charge in [0.25, 0.3) is 0 Å². The highest BCUT2D eigenvalue weighted by Crippen LogP contribution is 2.53. The second kappa shape index (κ2) is 4.08. The number of nitrogens with two attached hydrogens (primary N) is 2. The molecule has 1 fully saturated rings. The van der Waals surface area contributed by atoms with Crippen molar-refractivity contribution in [2.45, 2.75) is 23.6 Å². The fraction of sp³-hybridized carbons (Fsp3) is 0.500. The number of benzene rings is 1. The maximum atomic E-state index is 12.0. The highest BCUT2D eigenvalue weighted by molar-refractivity contribution is 7.92. The first-order chi connectivity index (χ1) is 7.97. The third-order valence-electron chi connectivity index (χ3n) is 3.60. The lowest BCUT2D eigenvalue weighted by Crippen LogP contribution is -2.39. The Kier molecular flexibility index (Phi) is 3.01. The molecule has 1 aliphatic rings. The predicted molar refractivity (Wildman–Crippen MR) is 68.4 cm³/mol. The lowest BCUT2D eigenvalue weighted by molar-refractivity contribution is 0.587. The Hall–Kier alpha value is -0.910. The van der Waals surface area contributed by atoms with Crippen molar-refractivity contribution >= 4 is 9.84 Å². The van der Waals surface area contributed by atoms with Crippen molar-refractivity contribution in [3.05, 3.63) is 35.9 Å². The molecule has 0 aromatic heterocycles. The predicted octanol–water partition coefficient (Wildman–Crippen LogP) is 0.243. The summed E-state index contributed by atoms with van der Waals surface area (Å²) in [5, 5.41) is -0.535. The van der Waals surface area contributed by atoms with Gasteiger partial charge >= 0.3 is 0 Å². The summed E-state index contributed by atoms with van der Waals surface area (Å²) >= 11 is 0. The van der Waals surface area contributed by atoms with E-state index in [9.17, 15) is 8.42 Å². The van der Waals surface area contributed by atoms with Gasteiger partial charge in [-0.05, 0) is 5.56 Å². The van der Waals surface area contributed by atoms with Crippen LogP contribution in [0.5, 0.6) is 0 Å². The number of hydrogen-bond donors (Lipinski definition) is 2. The minimum atomic E-state index is -3.15. The summed E-state index contributed by atoms with van der Waals surface area (Å²) in [5.74, 6) is -0.0569. The molecule has 3 unspecified atom stereocenters. The van der Waals surface area contributed by atoms with Crippen LogP contribution in [0.15, 0.2) is 30.3 Å². The monoisotopic (exact) mass is 254 g/mol. The first-order valence-corrected chi connectivity index (χ1v) is 7.44. The summed E-state index contributed by atoms with van der Waals surface area (Å²) in [6, 6.07) is 9.50. The normalized spacial score (nSPS) is 32.4. The van der Waals surface area contributed by atoms with Gasteiger partial charge in [0.1, 0.15) is 0 Å². The Balaban J connectivity index is 2.37. The molecule has 2 rings (SSSR count). The van der Waals surface area contributed by atoms with Gasteiger partial charge < -0.3 is 11.5 Å². The lowest BCUT2D eigenvalue weighted by Gasteiger charge is -2.07. The number of rotatable bonds is 4. The van der Waals surface area contributed by atoms with Gasteiger partial charge in [-0.1, -0.05) is 37.3 Å². The van der Waals surface area contributed by atoms with E-state index in [1.165, 1.54) is 0 Å². The van der Waals surface area contributed by atoms with E-state index < -0.39 is 20.6 Å². The van der Waals surface area contributed by atoms with E-state index in [2.05, 4.69) is 0 Å². The molecular formula is C12H18N2O2S. The SMILES string of the molecule is CCS(=O)(=O)C1C(c2ccccc2)C1(N)CN. The highest BCUT2D eigenvalue weighted by Gasteiger charge is 2.67. The molecule has 0 heterocycles. The zero-order chi connectivity index (χ0) is 12.7. The number of sulfone groups is 1. The Bertz CT molecular complexity index is 500. The average Bonchev–Trinajstić information content (AvgIpc) is 2.99. The molecule has 3 atom stereocenters. The maximum absolute atomic E-state index is 12.0. The van der Waals surface area contributed by atoms with Crippen LogP contribution in [0.25, 0.3) is 0 Å². The van der Waals surface area contributed by atoms with Crippen molar-refractivity contribution in [2.24, 2.45) is 11.5 Å². The molecule has 1 aromatic carbocycles. The minimum Gasteiger partial charge on any atom is -0.329 e. The average molecular weight is 254 g/mol. The van der Waals surface area contributed by atoms with Crippen LogP contribution in [-0.2, 0) is 9.84 Å². The molecule has 5 heteroatoms. The summed E-state index contributed by atoms with van der Waals surface area (Å²) in [5.41, 5.74) is 11.9. The van der Waals surface area contributed by atoms with E-state index in [1.807, 2.05) is 30.3 Å².